The van der Waals surface area contributed by atoms with Crippen molar-refractivity contribution in [2.75, 3.05) is 13.1 Å². The third-order valence-corrected chi connectivity index (χ3v) is 5.74. The quantitative estimate of drug-likeness (QED) is 0.821. The van der Waals surface area contributed by atoms with Crippen LogP contribution in [0.15, 0.2) is 30.3 Å². The van der Waals surface area contributed by atoms with Crippen molar-refractivity contribution in [3.8, 4) is 0 Å². The van der Waals surface area contributed by atoms with Gasteiger partial charge >= 0.3 is 0 Å². The van der Waals surface area contributed by atoms with Gasteiger partial charge in [-0.3, -0.25) is 14.3 Å². The van der Waals surface area contributed by atoms with E-state index in [2.05, 4.69) is 24.2 Å². The minimum absolute atomic E-state index is 0.00398. The van der Waals surface area contributed by atoms with Crippen LogP contribution >= 0.6 is 0 Å². The van der Waals surface area contributed by atoms with Crippen molar-refractivity contribution >= 4 is 11.8 Å². The van der Waals surface area contributed by atoms with E-state index < -0.39 is 0 Å². The minimum atomic E-state index is -0.00398. The third kappa shape index (κ3) is 3.36. The first-order valence-corrected chi connectivity index (χ1v) is 9.73. The number of likely N-dealkylation sites (tertiary alicyclic amines) is 1. The molecule has 1 unspecified atom stereocenters. The van der Waals surface area contributed by atoms with Crippen LogP contribution in [0.3, 0.4) is 0 Å². The van der Waals surface area contributed by atoms with Crippen molar-refractivity contribution in [1.82, 2.24) is 19.6 Å². The normalized spacial score (nSPS) is 19.7. The number of carbonyl (C=O) groups is 2. The molecule has 1 fully saturated rings. The molecule has 142 valence electrons. The number of rotatable bonds is 2. The molecule has 1 atom stereocenters. The van der Waals surface area contributed by atoms with Crippen LogP contribution in [0.25, 0.3) is 0 Å². The van der Waals surface area contributed by atoms with Crippen LogP contribution in [0.5, 0.6) is 0 Å². The van der Waals surface area contributed by atoms with Crippen molar-refractivity contribution in [1.29, 1.82) is 0 Å². The van der Waals surface area contributed by atoms with Crippen molar-refractivity contribution in [3.05, 3.63) is 52.8 Å². The van der Waals surface area contributed by atoms with Crippen molar-refractivity contribution in [2.45, 2.75) is 52.2 Å². The first-order valence-electron chi connectivity index (χ1n) is 9.73. The summed E-state index contributed by atoms with van der Waals surface area (Å²) in [4.78, 5) is 28.8. The maximum absolute atomic E-state index is 13.2. The van der Waals surface area contributed by atoms with Gasteiger partial charge in [0.05, 0.1) is 18.3 Å². The van der Waals surface area contributed by atoms with E-state index in [1.165, 1.54) is 11.1 Å². The van der Waals surface area contributed by atoms with Gasteiger partial charge in [0.15, 0.2) is 5.69 Å². The summed E-state index contributed by atoms with van der Waals surface area (Å²) in [6.45, 7) is 6.47. The predicted molar refractivity (Wildman–Crippen MR) is 102 cm³/mol. The summed E-state index contributed by atoms with van der Waals surface area (Å²) in [5.41, 5.74) is 3.89. The number of aromatic nitrogens is 2. The second-order valence-corrected chi connectivity index (χ2v) is 7.55. The Morgan fingerprint density at radius 1 is 1.11 bits per heavy atom. The largest absolute Gasteiger partial charge is 0.337 e. The molecule has 6 heteroatoms. The van der Waals surface area contributed by atoms with Crippen LogP contribution in [0.1, 0.15) is 59.5 Å². The van der Waals surface area contributed by atoms with E-state index >= 15 is 0 Å². The minimum Gasteiger partial charge on any atom is -0.337 e. The highest BCUT2D eigenvalue weighted by Gasteiger charge is 2.33. The van der Waals surface area contributed by atoms with Crippen LogP contribution in [0, 0.1) is 6.92 Å². The Kier molecular flexibility index (Phi) is 4.72. The van der Waals surface area contributed by atoms with Gasteiger partial charge in [0, 0.05) is 26.6 Å². The summed E-state index contributed by atoms with van der Waals surface area (Å²) >= 11 is 0. The van der Waals surface area contributed by atoms with Crippen LogP contribution < -0.4 is 0 Å². The molecular weight excluding hydrogens is 340 g/mol. The smallest absolute Gasteiger partial charge is 0.274 e. The fraction of sp³-hybridized carbons (Fsp3) is 0.476. The Balaban J connectivity index is 1.59. The monoisotopic (exact) mass is 366 g/mol. The number of hydrogen-bond donors (Lipinski definition) is 0. The molecule has 27 heavy (non-hydrogen) atoms. The van der Waals surface area contributed by atoms with Gasteiger partial charge in [-0.05, 0) is 43.4 Å². The van der Waals surface area contributed by atoms with Gasteiger partial charge in [-0.25, -0.2) is 0 Å². The fourth-order valence-corrected chi connectivity index (χ4v) is 4.28. The maximum Gasteiger partial charge on any atom is 0.274 e. The van der Waals surface area contributed by atoms with E-state index in [1.807, 2.05) is 32.7 Å². The summed E-state index contributed by atoms with van der Waals surface area (Å²) in [6.07, 6.45) is 2.86. The SMILES string of the molecule is CC(=O)N1CCCn2nc(C(=O)N3CCCC3c3ccccc3C)cc2C1. The number of fused-ring (bicyclic) bond motifs is 1. The van der Waals surface area contributed by atoms with Gasteiger partial charge < -0.3 is 9.80 Å². The fourth-order valence-electron chi connectivity index (χ4n) is 4.28. The lowest BCUT2D eigenvalue weighted by atomic mass is 9.99. The molecule has 0 spiro atoms. The lowest BCUT2D eigenvalue weighted by Crippen LogP contribution is -2.31. The highest BCUT2D eigenvalue weighted by atomic mass is 16.2. The molecule has 1 aromatic carbocycles. The molecule has 1 saturated heterocycles. The molecule has 0 bridgehead atoms. The molecule has 0 radical (unpaired) electrons. The van der Waals surface area contributed by atoms with Crippen LogP contribution in [0.4, 0.5) is 0 Å². The van der Waals surface area contributed by atoms with E-state index in [0.717, 1.165) is 44.6 Å². The van der Waals surface area contributed by atoms with Gasteiger partial charge in [0.2, 0.25) is 5.91 Å². The number of nitrogens with zero attached hydrogens (tertiary/aromatic N) is 4. The second kappa shape index (κ2) is 7.18. The number of aryl methyl sites for hydroxylation is 2. The van der Waals surface area contributed by atoms with Gasteiger partial charge in [-0.15, -0.1) is 0 Å². The predicted octanol–water partition coefficient (Wildman–Crippen LogP) is 2.92. The van der Waals surface area contributed by atoms with Crippen molar-refractivity contribution < 1.29 is 9.59 Å². The second-order valence-electron chi connectivity index (χ2n) is 7.55. The standard InChI is InChI=1S/C21H26N4O2/c1-15-7-3-4-8-18(15)20-9-5-11-24(20)21(27)19-13-17-14-23(16(2)26)10-6-12-25(17)22-19/h3-4,7-8,13,20H,5-6,9-12,14H2,1-2H3. The van der Waals surface area contributed by atoms with Gasteiger partial charge in [0.25, 0.3) is 5.91 Å². The van der Waals surface area contributed by atoms with Gasteiger partial charge in [-0.2, -0.15) is 5.10 Å². The van der Waals surface area contributed by atoms with E-state index in [0.29, 0.717) is 12.2 Å². The van der Waals surface area contributed by atoms with E-state index in [-0.39, 0.29) is 17.9 Å². The molecular formula is C21H26N4O2. The zero-order valence-electron chi connectivity index (χ0n) is 16.0. The Labute approximate surface area is 159 Å². The molecule has 2 amide bonds. The van der Waals surface area contributed by atoms with Crippen molar-refractivity contribution in [2.24, 2.45) is 0 Å². The summed E-state index contributed by atoms with van der Waals surface area (Å²) in [5.74, 6) is 0.0624. The van der Waals surface area contributed by atoms with Crippen LogP contribution in [-0.4, -0.2) is 44.5 Å². The lowest BCUT2D eigenvalue weighted by Gasteiger charge is -2.25. The third-order valence-electron chi connectivity index (χ3n) is 5.74. The van der Waals surface area contributed by atoms with Gasteiger partial charge in [-0.1, -0.05) is 24.3 Å². The Hall–Kier alpha value is -2.63. The average molecular weight is 366 g/mol. The van der Waals surface area contributed by atoms with E-state index in [1.54, 1.807) is 6.92 Å². The number of amides is 2. The van der Waals surface area contributed by atoms with E-state index in [9.17, 15) is 9.59 Å². The summed E-state index contributed by atoms with van der Waals surface area (Å²) in [5, 5.41) is 4.59. The highest BCUT2D eigenvalue weighted by molar-refractivity contribution is 5.93. The molecule has 0 saturated carbocycles. The molecule has 2 aliphatic rings. The maximum atomic E-state index is 13.2. The molecule has 6 nitrogen and oxygen atoms in total. The molecule has 1 aromatic heterocycles. The first-order chi connectivity index (χ1) is 13.0. The number of hydrogen-bond acceptors (Lipinski definition) is 3. The molecule has 2 aromatic rings. The molecule has 3 heterocycles. The Bertz CT molecular complexity index is 873. The Morgan fingerprint density at radius 2 is 1.93 bits per heavy atom. The zero-order valence-corrected chi connectivity index (χ0v) is 16.0. The average Bonchev–Trinajstić information content (AvgIpc) is 3.24. The summed E-state index contributed by atoms with van der Waals surface area (Å²) in [7, 11) is 0. The topological polar surface area (TPSA) is 58.4 Å². The van der Waals surface area contributed by atoms with E-state index in [4.69, 9.17) is 0 Å². The summed E-state index contributed by atoms with van der Waals surface area (Å²) in [6, 6.07) is 10.3. The zero-order chi connectivity index (χ0) is 19.0. The first kappa shape index (κ1) is 17.8. The Morgan fingerprint density at radius 3 is 2.70 bits per heavy atom. The summed E-state index contributed by atoms with van der Waals surface area (Å²) < 4.78 is 1.90. The van der Waals surface area contributed by atoms with Crippen LogP contribution in [0.2, 0.25) is 0 Å². The molecule has 0 aliphatic carbocycles. The lowest BCUT2D eigenvalue weighted by molar-refractivity contribution is -0.129. The molecule has 4 rings (SSSR count). The molecule has 0 N–H and O–H groups in total. The molecule has 2 aliphatic heterocycles. The highest BCUT2D eigenvalue weighted by Crippen LogP contribution is 2.34. The van der Waals surface area contributed by atoms with Crippen LogP contribution in [-0.2, 0) is 17.9 Å². The van der Waals surface area contributed by atoms with Crippen molar-refractivity contribution in [3.63, 3.8) is 0 Å². The van der Waals surface area contributed by atoms with Gasteiger partial charge in [0.1, 0.15) is 0 Å². The number of carbonyl (C=O) groups excluding carboxylic acids is 2. The number of benzene rings is 1.